The van der Waals surface area contributed by atoms with Gasteiger partial charge >= 0.3 is 5.97 Å². The highest BCUT2D eigenvalue weighted by molar-refractivity contribution is 6.30. The van der Waals surface area contributed by atoms with Gasteiger partial charge in [-0.05, 0) is 25.1 Å². The molecule has 0 bridgehead atoms. The molecule has 0 saturated carbocycles. The van der Waals surface area contributed by atoms with Gasteiger partial charge in [-0.3, -0.25) is 0 Å². The monoisotopic (exact) mass is 236 g/mol. The normalized spacial score (nSPS) is 10.4. The van der Waals surface area contributed by atoms with E-state index in [2.05, 4.69) is 5.10 Å². The third-order valence-electron chi connectivity index (χ3n) is 2.17. The van der Waals surface area contributed by atoms with E-state index in [9.17, 15) is 4.79 Å². The van der Waals surface area contributed by atoms with Gasteiger partial charge in [-0.1, -0.05) is 17.7 Å². The second-order valence-corrected chi connectivity index (χ2v) is 3.83. The van der Waals surface area contributed by atoms with E-state index < -0.39 is 5.97 Å². The van der Waals surface area contributed by atoms with Crippen molar-refractivity contribution >= 4 is 17.6 Å². The molecule has 0 saturated heterocycles. The Kier molecular flexibility index (Phi) is 2.66. The summed E-state index contributed by atoms with van der Waals surface area (Å²) in [6, 6.07) is 7.07. The number of carboxylic acids is 1. The molecule has 0 radical (unpaired) electrons. The zero-order valence-corrected chi connectivity index (χ0v) is 9.27. The number of aromatic carboxylic acids is 1. The highest BCUT2D eigenvalue weighted by Gasteiger charge is 2.12. The Hall–Kier alpha value is -1.81. The molecule has 5 heteroatoms. The lowest BCUT2D eigenvalue weighted by Crippen LogP contribution is -2.01. The number of rotatable bonds is 2. The number of carbonyl (C=O) groups is 1. The molecule has 0 unspecified atom stereocenters. The van der Waals surface area contributed by atoms with Gasteiger partial charge in [-0.15, -0.1) is 0 Å². The van der Waals surface area contributed by atoms with Gasteiger partial charge in [0, 0.05) is 16.8 Å². The van der Waals surface area contributed by atoms with Crippen molar-refractivity contribution in [1.82, 2.24) is 9.78 Å². The van der Waals surface area contributed by atoms with Gasteiger partial charge in [0.1, 0.15) is 0 Å². The second kappa shape index (κ2) is 3.98. The molecule has 82 valence electrons. The molecule has 0 amide bonds. The summed E-state index contributed by atoms with van der Waals surface area (Å²) in [6.07, 6.45) is 1.66. The maximum Gasteiger partial charge on any atom is 0.356 e. The van der Waals surface area contributed by atoms with E-state index in [0.29, 0.717) is 10.6 Å². The van der Waals surface area contributed by atoms with Crippen molar-refractivity contribution in [3.05, 3.63) is 46.7 Å². The van der Waals surface area contributed by atoms with Crippen LogP contribution in [0.3, 0.4) is 0 Å². The lowest BCUT2D eigenvalue weighted by Gasteiger charge is -2.00. The molecule has 0 aliphatic heterocycles. The number of aryl methyl sites for hydroxylation is 1. The standard InChI is InChI=1S/C11H9ClN2O2/c1-7-6-14(13-10(7)11(15)16)9-4-2-3-8(12)5-9/h2-6H,1H3,(H,15,16). The SMILES string of the molecule is Cc1cn(-c2cccc(Cl)c2)nc1C(=O)O. The number of benzene rings is 1. The van der Waals surface area contributed by atoms with Crippen molar-refractivity contribution in [3.63, 3.8) is 0 Å². The van der Waals surface area contributed by atoms with Crippen LogP contribution in [0.25, 0.3) is 5.69 Å². The first-order valence-corrected chi connectivity index (χ1v) is 5.01. The van der Waals surface area contributed by atoms with Gasteiger partial charge in [0.15, 0.2) is 5.69 Å². The average molecular weight is 237 g/mol. The van der Waals surface area contributed by atoms with Crippen LogP contribution in [0, 0.1) is 6.92 Å². The molecule has 2 rings (SSSR count). The van der Waals surface area contributed by atoms with Gasteiger partial charge in [0.25, 0.3) is 0 Å². The predicted molar refractivity (Wildman–Crippen MR) is 60.3 cm³/mol. The fourth-order valence-electron chi connectivity index (χ4n) is 1.42. The number of nitrogens with zero attached hydrogens (tertiary/aromatic N) is 2. The Morgan fingerprint density at radius 2 is 2.25 bits per heavy atom. The van der Waals surface area contributed by atoms with Crippen molar-refractivity contribution in [3.8, 4) is 5.69 Å². The number of hydrogen-bond donors (Lipinski definition) is 1. The predicted octanol–water partition coefficient (Wildman–Crippen LogP) is 2.53. The smallest absolute Gasteiger partial charge is 0.356 e. The van der Waals surface area contributed by atoms with E-state index in [1.807, 2.05) is 6.07 Å². The molecule has 0 aliphatic carbocycles. The quantitative estimate of drug-likeness (QED) is 0.872. The molecule has 16 heavy (non-hydrogen) atoms. The Morgan fingerprint density at radius 3 is 2.81 bits per heavy atom. The third-order valence-corrected chi connectivity index (χ3v) is 2.41. The third kappa shape index (κ3) is 1.92. The van der Waals surface area contributed by atoms with E-state index in [4.69, 9.17) is 16.7 Å². The van der Waals surface area contributed by atoms with Crippen LogP contribution in [0.2, 0.25) is 5.02 Å². The summed E-state index contributed by atoms with van der Waals surface area (Å²) in [5.41, 5.74) is 1.41. The molecule has 1 heterocycles. The first-order chi connectivity index (χ1) is 7.58. The van der Waals surface area contributed by atoms with E-state index >= 15 is 0 Å². The van der Waals surface area contributed by atoms with Crippen molar-refractivity contribution in [2.24, 2.45) is 0 Å². The van der Waals surface area contributed by atoms with Gasteiger partial charge in [-0.25, -0.2) is 9.48 Å². The highest BCUT2D eigenvalue weighted by atomic mass is 35.5. The van der Waals surface area contributed by atoms with Crippen LogP contribution in [0.1, 0.15) is 16.1 Å². The van der Waals surface area contributed by atoms with Crippen LogP contribution in [0.15, 0.2) is 30.5 Å². The molecule has 0 atom stereocenters. The van der Waals surface area contributed by atoms with Crippen LogP contribution in [-0.4, -0.2) is 20.9 Å². The maximum atomic E-state index is 10.8. The second-order valence-electron chi connectivity index (χ2n) is 3.39. The minimum Gasteiger partial charge on any atom is -0.476 e. The Bertz CT molecular complexity index is 549. The lowest BCUT2D eigenvalue weighted by molar-refractivity contribution is 0.0689. The summed E-state index contributed by atoms with van der Waals surface area (Å²) in [6.45, 7) is 1.71. The highest BCUT2D eigenvalue weighted by Crippen LogP contribution is 2.16. The molecule has 2 aromatic rings. The van der Waals surface area contributed by atoms with Crippen molar-refractivity contribution < 1.29 is 9.90 Å². The summed E-state index contributed by atoms with van der Waals surface area (Å²) >= 11 is 5.85. The first kappa shape index (κ1) is 10.7. The average Bonchev–Trinajstić information content (AvgIpc) is 2.60. The van der Waals surface area contributed by atoms with Crippen LogP contribution in [0.4, 0.5) is 0 Å². The summed E-state index contributed by atoms with van der Waals surface area (Å²) in [5, 5.41) is 13.4. The molecule has 1 aromatic carbocycles. The van der Waals surface area contributed by atoms with Crippen molar-refractivity contribution in [2.75, 3.05) is 0 Å². The van der Waals surface area contributed by atoms with Gasteiger partial charge in [0.2, 0.25) is 0 Å². The molecule has 1 N–H and O–H groups in total. The number of aromatic nitrogens is 2. The molecule has 1 aromatic heterocycles. The van der Waals surface area contributed by atoms with Gasteiger partial charge < -0.3 is 5.11 Å². The van der Waals surface area contributed by atoms with Crippen molar-refractivity contribution in [2.45, 2.75) is 6.92 Å². The first-order valence-electron chi connectivity index (χ1n) is 4.63. The Balaban J connectivity index is 2.49. The molecule has 0 fully saturated rings. The van der Waals surface area contributed by atoms with Gasteiger partial charge in [0.05, 0.1) is 5.69 Å². The summed E-state index contributed by atoms with van der Waals surface area (Å²) in [7, 11) is 0. The Morgan fingerprint density at radius 1 is 1.50 bits per heavy atom. The number of halogens is 1. The molecule has 4 nitrogen and oxygen atoms in total. The minimum absolute atomic E-state index is 0.0555. The van der Waals surface area contributed by atoms with E-state index in [-0.39, 0.29) is 5.69 Å². The summed E-state index contributed by atoms with van der Waals surface area (Å²) in [5.74, 6) is -1.03. The van der Waals surface area contributed by atoms with E-state index in [1.54, 1.807) is 31.3 Å². The Labute approximate surface area is 97.1 Å². The van der Waals surface area contributed by atoms with E-state index in [1.165, 1.54) is 4.68 Å². The molecule has 0 aliphatic rings. The largest absolute Gasteiger partial charge is 0.476 e. The minimum atomic E-state index is -1.03. The van der Waals surface area contributed by atoms with Crippen LogP contribution in [-0.2, 0) is 0 Å². The zero-order valence-electron chi connectivity index (χ0n) is 8.51. The topological polar surface area (TPSA) is 55.1 Å². The number of carboxylic acid groups (broad SMARTS) is 1. The molecule has 0 spiro atoms. The lowest BCUT2D eigenvalue weighted by atomic mass is 10.3. The van der Waals surface area contributed by atoms with Gasteiger partial charge in [-0.2, -0.15) is 5.10 Å². The van der Waals surface area contributed by atoms with E-state index in [0.717, 1.165) is 5.69 Å². The molecular weight excluding hydrogens is 228 g/mol. The summed E-state index contributed by atoms with van der Waals surface area (Å²) < 4.78 is 1.50. The maximum absolute atomic E-state index is 10.8. The van der Waals surface area contributed by atoms with Crippen LogP contribution >= 0.6 is 11.6 Å². The molecular formula is C11H9ClN2O2. The van der Waals surface area contributed by atoms with Crippen molar-refractivity contribution in [1.29, 1.82) is 0 Å². The fourth-order valence-corrected chi connectivity index (χ4v) is 1.61. The zero-order chi connectivity index (χ0) is 11.7. The number of hydrogen-bond acceptors (Lipinski definition) is 2. The van der Waals surface area contributed by atoms with Crippen LogP contribution < -0.4 is 0 Å². The summed E-state index contributed by atoms with van der Waals surface area (Å²) in [4.78, 5) is 10.8. The fraction of sp³-hybridized carbons (Fsp3) is 0.0909. The van der Waals surface area contributed by atoms with Crippen LogP contribution in [0.5, 0.6) is 0 Å².